The Morgan fingerprint density at radius 3 is 2.19 bits per heavy atom. The smallest absolute Gasteiger partial charge is 0.319 e. The van der Waals surface area contributed by atoms with E-state index >= 15 is 0 Å². The number of hydrogen-bond donors (Lipinski definition) is 3. The van der Waals surface area contributed by atoms with Crippen LogP contribution in [-0.2, 0) is 11.3 Å². The molecule has 0 atom stereocenters. The number of carbonyl (C=O) groups is 2. The number of urea groups is 1. The number of methoxy groups -OCH3 is 1. The molecule has 3 amide bonds. The summed E-state index contributed by atoms with van der Waals surface area (Å²) >= 11 is 0. The van der Waals surface area contributed by atoms with E-state index in [9.17, 15) is 9.59 Å². The van der Waals surface area contributed by atoms with Crippen LogP contribution in [-0.4, -0.2) is 31.7 Å². The highest BCUT2D eigenvalue weighted by Crippen LogP contribution is 2.16. The van der Waals surface area contributed by atoms with Gasteiger partial charge in [-0.2, -0.15) is 0 Å². The van der Waals surface area contributed by atoms with Gasteiger partial charge in [-0.05, 0) is 55.8 Å². The Labute approximate surface area is 159 Å². The topological polar surface area (TPSA) is 88.7 Å². The molecule has 2 aromatic carbocycles. The molecule has 0 radical (unpaired) electrons. The molecule has 0 bridgehead atoms. The maximum Gasteiger partial charge on any atom is 0.319 e. The minimum Gasteiger partial charge on any atom is -0.497 e. The molecule has 7 nitrogen and oxygen atoms in total. The van der Waals surface area contributed by atoms with Crippen molar-refractivity contribution in [2.24, 2.45) is 0 Å². The Morgan fingerprint density at radius 2 is 1.59 bits per heavy atom. The van der Waals surface area contributed by atoms with E-state index in [1.54, 1.807) is 43.5 Å². The van der Waals surface area contributed by atoms with Crippen LogP contribution in [0.5, 0.6) is 11.5 Å². The Morgan fingerprint density at radius 1 is 0.963 bits per heavy atom. The second-order valence-corrected chi connectivity index (χ2v) is 6.19. The van der Waals surface area contributed by atoms with E-state index in [2.05, 4.69) is 16.0 Å². The first-order valence-corrected chi connectivity index (χ1v) is 8.66. The molecular weight excluding hydrogens is 346 g/mol. The molecule has 0 aliphatic heterocycles. The lowest BCUT2D eigenvalue weighted by Crippen LogP contribution is -2.34. The highest BCUT2D eigenvalue weighted by Gasteiger charge is 2.05. The van der Waals surface area contributed by atoms with E-state index in [-0.39, 0.29) is 24.6 Å². The first-order chi connectivity index (χ1) is 13.0. The van der Waals surface area contributed by atoms with Gasteiger partial charge >= 0.3 is 6.03 Å². The molecule has 0 aliphatic carbocycles. The van der Waals surface area contributed by atoms with Crippen molar-refractivity contribution < 1.29 is 19.1 Å². The van der Waals surface area contributed by atoms with E-state index in [4.69, 9.17) is 9.47 Å². The maximum absolute atomic E-state index is 11.9. The molecule has 2 rings (SSSR count). The molecular formula is C20H25N3O4. The van der Waals surface area contributed by atoms with Gasteiger partial charge in [-0.3, -0.25) is 4.79 Å². The van der Waals surface area contributed by atoms with Crippen LogP contribution >= 0.6 is 0 Å². The molecule has 0 unspecified atom stereocenters. The third kappa shape index (κ3) is 7.27. The zero-order valence-electron chi connectivity index (χ0n) is 15.7. The van der Waals surface area contributed by atoms with Crippen molar-refractivity contribution in [1.82, 2.24) is 10.6 Å². The summed E-state index contributed by atoms with van der Waals surface area (Å²) in [5, 5.41) is 8.29. The second-order valence-electron chi connectivity index (χ2n) is 6.19. The van der Waals surface area contributed by atoms with Crippen LogP contribution in [0.25, 0.3) is 0 Å². The molecule has 0 spiro atoms. The number of hydrogen-bond acceptors (Lipinski definition) is 4. The van der Waals surface area contributed by atoms with Gasteiger partial charge in [0.25, 0.3) is 5.91 Å². The first-order valence-electron chi connectivity index (χ1n) is 8.66. The van der Waals surface area contributed by atoms with Crippen molar-refractivity contribution >= 4 is 17.6 Å². The molecule has 2 aromatic rings. The first kappa shape index (κ1) is 20.1. The predicted octanol–water partition coefficient (Wildman–Crippen LogP) is 2.92. The molecule has 7 heteroatoms. The Balaban J connectivity index is 1.73. The molecule has 0 saturated heterocycles. The number of rotatable bonds is 8. The van der Waals surface area contributed by atoms with Gasteiger partial charge in [-0.25, -0.2) is 4.79 Å². The van der Waals surface area contributed by atoms with Gasteiger partial charge in [0.1, 0.15) is 11.5 Å². The maximum atomic E-state index is 11.9. The van der Waals surface area contributed by atoms with Crippen LogP contribution in [0.1, 0.15) is 19.4 Å². The fourth-order valence-electron chi connectivity index (χ4n) is 2.21. The summed E-state index contributed by atoms with van der Waals surface area (Å²) < 4.78 is 10.5. The molecule has 27 heavy (non-hydrogen) atoms. The third-order valence-electron chi connectivity index (χ3n) is 3.55. The Kier molecular flexibility index (Phi) is 7.49. The van der Waals surface area contributed by atoms with Crippen LogP contribution in [0.3, 0.4) is 0 Å². The summed E-state index contributed by atoms with van der Waals surface area (Å²) in [4.78, 5) is 23.5. The van der Waals surface area contributed by atoms with Crippen molar-refractivity contribution in [2.75, 3.05) is 19.0 Å². The number of amides is 3. The number of carbonyl (C=O) groups excluding carboxylic acids is 2. The van der Waals surface area contributed by atoms with Crippen molar-refractivity contribution in [2.45, 2.75) is 26.4 Å². The second kappa shape index (κ2) is 10.1. The van der Waals surface area contributed by atoms with Gasteiger partial charge in [-0.1, -0.05) is 12.1 Å². The summed E-state index contributed by atoms with van der Waals surface area (Å²) in [7, 11) is 1.59. The highest BCUT2D eigenvalue weighted by molar-refractivity contribution is 5.89. The highest BCUT2D eigenvalue weighted by atomic mass is 16.5. The molecule has 0 aromatic heterocycles. The average molecular weight is 371 g/mol. The zero-order chi connectivity index (χ0) is 19.6. The lowest BCUT2D eigenvalue weighted by molar-refractivity contribution is -0.123. The average Bonchev–Trinajstić information content (AvgIpc) is 2.65. The van der Waals surface area contributed by atoms with Crippen LogP contribution in [0.15, 0.2) is 48.5 Å². The van der Waals surface area contributed by atoms with Crippen LogP contribution < -0.4 is 25.4 Å². The molecule has 0 aliphatic rings. The van der Waals surface area contributed by atoms with Gasteiger partial charge in [0, 0.05) is 18.3 Å². The van der Waals surface area contributed by atoms with E-state index in [0.717, 1.165) is 11.3 Å². The van der Waals surface area contributed by atoms with Crippen molar-refractivity contribution in [3.8, 4) is 11.5 Å². The summed E-state index contributed by atoms with van der Waals surface area (Å²) in [6.45, 7) is 4.10. The van der Waals surface area contributed by atoms with Gasteiger partial charge in [-0.15, -0.1) is 0 Å². The summed E-state index contributed by atoms with van der Waals surface area (Å²) in [5.74, 6) is 1.11. The predicted molar refractivity (Wildman–Crippen MR) is 104 cm³/mol. The number of nitrogens with one attached hydrogen (secondary N) is 3. The van der Waals surface area contributed by atoms with E-state index < -0.39 is 0 Å². The zero-order valence-corrected chi connectivity index (χ0v) is 15.7. The fraction of sp³-hybridized carbons (Fsp3) is 0.300. The van der Waals surface area contributed by atoms with Crippen LogP contribution in [0.2, 0.25) is 0 Å². The van der Waals surface area contributed by atoms with Crippen molar-refractivity contribution in [1.29, 1.82) is 0 Å². The van der Waals surface area contributed by atoms with E-state index in [1.807, 2.05) is 26.0 Å². The van der Waals surface area contributed by atoms with Gasteiger partial charge < -0.3 is 25.4 Å². The van der Waals surface area contributed by atoms with Crippen molar-refractivity contribution in [3.05, 3.63) is 54.1 Å². The SMILES string of the molecule is COc1ccc(OCC(=O)NCc2ccc(NC(=O)NC(C)C)cc2)cc1. The minimum atomic E-state index is -0.248. The monoisotopic (exact) mass is 371 g/mol. The number of anilines is 1. The number of benzene rings is 2. The summed E-state index contributed by atoms with van der Waals surface area (Å²) in [6, 6.07) is 14.1. The van der Waals surface area contributed by atoms with E-state index in [1.165, 1.54) is 0 Å². The van der Waals surface area contributed by atoms with Gasteiger partial charge in [0.2, 0.25) is 0 Å². The molecule has 0 saturated carbocycles. The lowest BCUT2D eigenvalue weighted by atomic mass is 10.2. The summed E-state index contributed by atoms with van der Waals surface area (Å²) in [5.41, 5.74) is 1.61. The van der Waals surface area contributed by atoms with E-state index in [0.29, 0.717) is 18.0 Å². The molecule has 3 N–H and O–H groups in total. The fourth-order valence-corrected chi connectivity index (χ4v) is 2.21. The molecule has 144 valence electrons. The molecule has 0 heterocycles. The normalized spacial score (nSPS) is 10.2. The Hall–Kier alpha value is -3.22. The largest absolute Gasteiger partial charge is 0.497 e. The van der Waals surface area contributed by atoms with Crippen molar-refractivity contribution in [3.63, 3.8) is 0 Å². The lowest BCUT2D eigenvalue weighted by Gasteiger charge is -2.11. The van der Waals surface area contributed by atoms with Gasteiger partial charge in [0.05, 0.1) is 7.11 Å². The van der Waals surface area contributed by atoms with Crippen LogP contribution in [0.4, 0.5) is 10.5 Å². The standard InChI is InChI=1S/C20H25N3O4/c1-14(2)22-20(25)23-16-6-4-15(5-7-16)12-21-19(24)13-27-18-10-8-17(26-3)9-11-18/h4-11,14H,12-13H2,1-3H3,(H,21,24)(H2,22,23,25). The van der Waals surface area contributed by atoms with Gasteiger partial charge in [0.15, 0.2) is 6.61 Å². The third-order valence-corrected chi connectivity index (χ3v) is 3.55. The minimum absolute atomic E-state index is 0.0681. The summed E-state index contributed by atoms with van der Waals surface area (Å²) in [6.07, 6.45) is 0. The Bertz CT molecular complexity index is 743. The van der Waals surface area contributed by atoms with Crippen LogP contribution in [0, 0.1) is 0 Å². The number of ether oxygens (including phenoxy) is 2. The quantitative estimate of drug-likeness (QED) is 0.666. The molecule has 0 fully saturated rings.